The lowest BCUT2D eigenvalue weighted by Gasteiger charge is -2.19. The van der Waals surface area contributed by atoms with Crippen LogP contribution >= 0.6 is 0 Å². The number of nitrogens with one attached hydrogen (secondary N) is 1. The third-order valence-electron chi connectivity index (χ3n) is 3.95. The molecule has 3 rings (SSSR count). The Labute approximate surface area is 151 Å². The third kappa shape index (κ3) is 4.75. The zero-order valence-corrected chi connectivity index (χ0v) is 14.1. The fraction of sp³-hybridized carbons (Fsp3) is 0.222. The highest BCUT2D eigenvalue weighted by Crippen LogP contribution is 2.33. The van der Waals surface area contributed by atoms with E-state index in [1.54, 1.807) is 30.2 Å². The molecule has 0 fully saturated rings. The van der Waals surface area contributed by atoms with Crippen LogP contribution in [0.5, 0.6) is 5.75 Å². The first-order chi connectivity index (χ1) is 12.7. The van der Waals surface area contributed by atoms with Crippen LogP contribution < -0.4 is 10.1 Å². The normalized spacial score (nSPS) is 17.1. The Morgan fingerprint density at radius 1 is 1.26 bits per heavy atom. The molecule has 0 saturated carbocycles. The highest BCUT2D eigenvalue weighted by Gasteiger charge is 2.31. The van der Waals surface area contributed by atoms with Crippen molar-refractivity contribution < 1.29 is 27.1 Å². The number of aromatic nitrogens is 2. The lowest BCUT2D eigenvalue weighted by Crippen LogP contribution is -2.25. The maximum atomic E-state index is 14.1. The molecule has 0 radical (unpaired) electrons. The molecule has 9 heteroatoms. The molecule has 2 aromatic rings. The second-order valence-corrected chi connectivity index (χ2v) is 5.96. The minimum Gasteiger partial charge on any atom is -0.406 e. The summed E-state index contributed by atoms with van der Waals surface area (Å²) in [6, 6.07) is 4.64. The van der Waals surface area contributed by atoms with Gasteiger partial charge in [-0.1, -0.05) is 6.08 Å². The van der Waals surface area contributed by atoms with Crippen molar-refractivity contribution in [2.24, 2.45) is 13.0 Å². The van der Waals surface area contributed by atoms with Crippen molar-refractivity contribution in [3.05, 3.63) is 60.2 Å². The van der Waals surface area contributed by atoms with Crippen LogP contribution in [-0.2, 0) is 11.8 Å². The summed E-state index contributed by atoms with van der Waals surface area (Å²) in [4.78, 5) is 12.4. The minimum atomic E-state index is -4.80. The molecule has 1 heterocycles. The minimum absolute atomic E-state index is 0.148. The zero-order valence-electron chi connectivity index (χ0n) is 14.1. The average Bonchev–Trinajstić information content (AvgIpc) is 3.02. The Morgan fingerprint density at radius 3 is 2.56 bits per heavy atom. The van der Waals surface area contributed by atoms with E-state index in [1.165, 1.54) is 18.2 Å². The third-order valence-corrected chi connectivity index (χ3v) is 3.95. The van der Waals surface area contributed by atoms with E-state index in [1.807, 2.05) is 0 Å². The Balaban J connectivity index is 1.67. The predicted molar refractivity (Wildman–Crippen MR) is 90.2 cm³/mol. The van der Waals surface area contributed by atoms with Gasteiger partial charge in [0.25, 0.3) is 0 Å². The van der Waals surface area contributed by atoms with Gasteiger partial charge in [-0.05, 0) is 42.3 Å². The second-order valence-electron chi connectivity index (χ2n) is 5.96. The van der Waals surface area contributed by atoms with Crippen molar-refractivity contribution in [2.45, 2.75) is 12.8 Å². The summed E-state index contributed by atoms with van der Waals surface area (Å²) < 4.78 is 56.0. The Morgan fingerprint density at radius 2 is 1.96 bits per heavy atom. The van der Waals surface area contributed by atoms with Crippen LogP contribution in [0.3, 0.4) is 0 Å². The van der Waals surface area contributed by atoms with E-state index in [2.05, 4.69) is 15.2 Å². The van der Waals surface area contributed by atoms with Crippen LogP contribution in [0.25, 0.3) is 5.57 Å². The molecule has 5 nitrogen and oxygen atoms in total. The number of carbonyl (C=O) groups excluding carboxylic acids is 1. The number of allylic oxidation sites excluding steroid dienone is 3. The largest absolute Gasteiger partial charge is 0.573 e. The molecule has 27 heavy (non-hydrogen) atoms. The molecule has 1 aliphatic carbocycles. The maximum Gasteiger partial charge on any atom is 0.573 e. The Kier molecular flexibility index (Phi) is 5.02. The van der Waals surface area contributed by atoms with Crippen molar-refractivity contribution in [3.63, 3.8) is 0 Å². The van der Waals surface area contributed by atoms with E-state index in [4.69, 9.17) is 0 Å². The number of aryl methyl sites for hydroxylation is 1. The van der Waals surface area contributed by atoms with Crippen molar-refractivity contribution in [3.8, 4) is 5.75 Å². The van der Waals surface area contributed by atoms with Gasteiger partial charge in [-0.2, -0.15) is 5.10 Å². The fourth-order valence-electron chi connectivity index (χ4n) is 2.67. The van der Waals surface area contributed by atoms with E-state index in [9.17, 15) is 22.4 Å². The van der Waals surface area contributed by atoms with Crippen LogP contribution in [0.15, 0.2) is 54.6 Å². The summed E-state index contributed by atoms with van der Waals surface area (Å²) in [6.07, 6.45) is 1.56. The highest BCUT2D eigenvalue weighted by molar-refractivity contribution is 5.96. The molecule has 1 aromatic carbocycles. The Hall–Kier alpha value is -3.10. The Bertz CT molecular complexity index is 898. The number of benzene rings is 1. The first-order valence-electron chi connectivity index (χ1n) is 7.93. The van der Waals surface area contributed by atoms with Crippen LogP contribution in [0.4, 0.5) is 23.2 Å². The van der Waals surface area contributed by atoms with E-state index in [0.29, 0.717) is 0 Å². The summed E-state index contributed by atoms with van der Waals surface area (Å²) in [7, 11) is 1.75. The lowest BCUT2D eigenvalue weighted by atomic mass is 9.89. The summed E-state index contributed by atoms with van der Waals surface area (Å²) in [5.74, 6) is -2.62. The summed E-state index contributed by atoms with van der Waals surface area (Å²) in [6.45, 7) is 0. The molecule has 0 saturated heterocycles. The molecular weight excluding hydrogens is 366 g/mol. The van der Waals surface area contributed by atoms with Crippen LogP contribution in [-0.4, -0.2) is 22.1 Å². The van der Waals surface area contributed by atoms with Gasteiger partial charge in [-0.15, -0.1) is 13.2 Å². The van der Waals surface area contributed by atoms with Crippen LogP contribution in [0.2, 0.25) is 0 Å². The van der Waals surface area contributed by atoms with Gasteiger partial charge in [0.2, 0.25) is 5.91 Å². The zero-order chi connectivity index (χ0) is 19.6. The molecule has 1 atom stereocenters. The van der Waals surface area contributed by atoms with Crippen molar-refractivity contribution >= 4 is 17.2 Å². The van der Waals surface area contributed by atoms with Gasteiger partial charge < -0.3 is 10.1 Å². The predicted octanol–water partition coefficient (Wildman–Crippen LogP) is 4.21. The molecule has 0 spiro atoms. The van der Waals surface area contributed by atoms with Gasteiger partial charge in [0.05, 0.1) is 12.1 Å². The van der Waals surface area contributed by atoms with E-state index in [-0.39, 0.29) is 12.1 Å². The summed E-state index contributed by atoms with van der Waals surface area (Å²) >= 11 is 0. The molecule has 1 aromatic heterocycles. The molecule has 1 amide bonds. The SMILES string of the molecule is Cn1cc(C2=CC=C(F)C(C(=O)Nc3ccc(OC(F)(F)F)cc3)C2)cn1. The monoisotopic (exact) mass is 381 g/mol. The first-order valence-corrected chi connectivity index (χ1v) is 7.93. The van der Waals surface area contributed by atoms with Crippen molar-refractivity contribution in [1.82, 2.24) is 9.78 Å². The molecular formula is C18H15F4N3O2. The number of amides is 1. The number of carbonyl (C=O) groups is 1. The molecule has 1 N–H and O–H groups in total. The number of nitrogens with zero attached hydrogens (tertiary/aromatic N) is 2. The lowest BCUT2D eigenvalue weighted by molar-refractivity contribution is -0.274. The summed E-state index contributed by atoms with van der Waals surface area (Å²) in [5.41, 5.74) is 1.78. The van der Waals surface area contributed by atoms with Gasteiger partial charge in [0.15, 0.2) is 0 Å². The smallest absolute Gasteiger partial charge is 0.406 e. The number of alkyl halides is 3. The molecule has 1 unspecified atom stereocenters. The molecule has 142 valence electrons. The topological polar surface area (TPSA) is 56.2 Å². The van der Waals surface area contributed by atoms with Crippen molar-refractivity contribution in [1.29, 1.82) is 0 Å². The second kappa shape index (κ2) is 7.26. The number of ether oxygens (including phenoxy) is 1. The number of halogens is 4. The van der Waals surface area contributed by atoms with Gasteiger partial charge in [-0.25, -0.2) is 4.39 Å². The molecule has 1 aliphatic rings. The van der Waals surface area contributed by atoms with Gasteiger partial charge in [-0.3, -0.25) is 9.48 Å². The fourth-order valence-corrected chi connectivity index (χ4v) is 2.67. The van der Waals surface area contributed by atoms with Gasteiger partial charge in [0.1, 0.15) is 11.6 Å². The van der Waals surface area contributed by atoms with Gasteiger partial charge in [0, 0.05) is 24.5 Å². The number of hydrogen-bond donors (Lipinski definition) is 1. The standard InChI is InChI=1S/C18H15F4N3O2/c1-25-10-12(9-23-25)11-2-7-16(19)15(8-11)17(26)24-13-3-5-14(6-4-13)27-18(20,21)22/h2-7,9-10,15H,8H2,1H3,(H,24,26). The molecule has 0 bridgehead atoms. The quantitative estimate of drug-likeness (QED) is 0.807. The first kappa shape index (κ1) is 18.7. The van der Waals surface area contributed by atoms with Crippen LogP contribution in [0.1, 0.15) is 12.0 Å². The van der Waals surface area contributed by atoms with E-state index < -0.39 is 29.8 Å². The maximum absolute atomic E-state index is 14.1. The highest BCUT2D eigenvalue weighted by atomic mass is 19.4. The molecule has 0 aliphatic heterocycles. The summed E-state index contributed by atoms with van der Waals surface area (Å²) in [5, 5.41) is 6.56. The van der Waals surface area contributed by atoms with Crippen LogP contribution in [0, 0.1) is 5.92 Å². The van der Waals surface area contributed by atoms with E-state index in [0.717, 1.165) is 23.3 Å². The van der Waals surface area contributed by atoms with E-state index >= 15 is 0 Å². The van der Waals surface area contributed by atoms with Crippen molar-refractivity contribution in [2.75, 3.05) is 5.32 Å². The van der Waals surface area contributed by atoms with Gasteiger partial charge >= 0.3 is 6.36 Å². The average molecular weight is 381 g/mol. The number of rotatable bonds is 4. The number of anilines is 1. The number of hydrogen-bond acceptors (Lipinski definition) is 3.